The first-order chi connectivity index (χ1) is 8.13. The summed E-state index contributed by atoms with van der Waals surface area (Å²) in [4.78, 5) is 24.9. The molecule has 0 aliphatic carbocycles. The molecule has 0 unspecified atom stereocenters. The predicted molar refractivity (Wildman–Crippen MR) is 64.0 cm³/mol. The molecule has 1 aromatic carbocycles. The van der Waals surface area contributed by atoms with Gasteiger partial charge < -0.3 is 10.1 Å². The topological polar surface area (TPSA) is 58.6 Å². The number of hydrogen-bond donors (Lipinski definition) is 1. The molecule has 1 aliphatic heterocycles. The lowest BCUT2D eigenvalue weighted by molar-refractivity contribution is -0.116. The highest BCUT2D eigenvalue weighted by Crippen LogP contribution is 2.31. The van der Waals surface area contributed by atoms with Crippen LogP contribution >= 0.6 is 0 Å². The average Bonchev–Trinajstić information content (AvgIpc) is 2.42. The van der Waals surface area contributed by atoms with E-state index in [1.807, 2.05) is 19.1 Å². The number of benzene rings is 1. The summed E-state index contributed by atoms with van der Waals surface area (Å²) < 4.78 is 4.76. The van der Waals surface area contributed by atoms with Crippen LogP contribution in [0.25, 0.3) is 0 Å². The fourth-order valence-electron chi connectivity index (χ4n) is 1.96. The van der Waals surface area contributed by atoms with Gasteiger partial charge in [-0.25, -0.2) is 4.79 Å². The van der Waals surface area contributed by atoms with Crippen LogP contribution < -0.4 is 10.2 Å². The minimum atomic E-state index is -0.457. The van der Waals surface area contributed by atoms with Crippen LogP contribution in [0.1, 0.15) is 13.3 Å². The van der Waals surface area contributed by atoms with Crippen LogP contribution in [0.5, 0.6) is 0 Å². The second-order valence-corrected chi connectivity index (χ2v) is 3.96. The summed E-state index contributed by atoms with van der Waals surface area (Å²) in [5.41, 5.74) is 1.30. The zero-order chi connectivity index (χ0) is 12.4. The first-order valence-electron chi connectivity index (χ1n) is 5.39. The molecule has 1 heterocycles. The van der Waals surface area contributed by atoms with Gasteiger partial charge in [0.15, 0.2) is 0 Å². The van der Waals surface area contributed by atoms with Crippen LogP contribution in [0.2, 0.25) is 0 Å². The highest BCUT2D eigenvalue weighted by atomic mass is 16.5. The van der Waals surface area contributed by atoms with Crippen molar-refractivity contribution in [3.05, 3.63) is 24.3 Å². The molecule has 2 amide bonds. The Morgan fingerprint density at radius 2 is 2.18 bits per heavy atom. The highest BCUT2D eigenvalue weighted by Gasteiger charge is 2.29. The van der Waals surface area contributed by atoms with E-state index in [1.54, 1.807) is 12.1 Å². The van der Waals surface area contributed by atoms with Crippen LogP contribution in [0.3, 0.4) is 0 Å². The Kier molecular flexibility index (Phi) is 2.99. The summed E-state index contributed by atoms with van der Waals surface area (Å²) in [7, 11) is 1.33. The van der Waals surface area contributed by atoms with E-state index in [1.165, 1.54) is 12.0 Å². The van der Waals surface area contributed by atoms with Gasteiger partial charge in [0.25, 0.3) is 0 Å². The third-order valence-electron chi connectivity index (χ3n) is 2.73. The van der Waals surface area contributed by atoms with Crippen molar-refractivity contribution < 1.29 is 14.3 Å². The van der Waals surface area contributed by atoms with Gasteiger partial charge in [0.05, 0.1) is 18.5 Å². The first-order valence-corrected chi connectivity index (χ1v) is 5.39. The van der Waals surface area contributed by atoms with E-state index in [4.69, 9.17) is 4.74 Å². The van der Waals surface area contributed by atoms with E-state index < -0.39 is 6.09 Å². The number of para-hydroxylation sites is 2. The van der Waals surface area contributed by atoms with Crippen LogP contribution in [-0.4, -0.2) is 25.2 Å². The molecule has 0 saturated carbocycles. The number of ether oxygens (including phenoxy) is 1. The number of nitrogens with one attached hydrogen (secondary N) is 1. The Labute approximate surface area is 99.4 Å². The largest absolute Gasteiger partial charge is 0.452 e. The number of methoxy groups -OCH3 is 1. The number of hydrogen-bond acceptors (Lipinski definition) is 3. The normalized spacial score (nSPS) is 19.1. The quantitative estimate of drug-likeness (QED) is 0.746. The first kappa shape index (κ1) is 11.4. The number of rotatable bonds is 0. The Balaban J connectivity index is 2.49. The second kappa shape index (κ2) is 4.45. The fourth-order valence-corrected chi connectivity index (χ4v) is 1.96. The Morgan fingerprint density at radius 1 is 1.47 bits per heavy atom. The summed E-state index contributed by atoms with van der Waals surface area (Å²) in [6, 6.07) is 6.95. The monoisotopic (exact) mass is 234 g/mol. The molecule has 5 heteroatoms. The maximum atomic E-state index is 11.8. The standard InChI is InChI=1S/C12H14N2O3/c1-8-7-11(15)13-9-5-3-4-6-10(9)14(8)12(16)17-2/h3-6,8H,7H2,1-2H3,(H,13,15)/t8-/m1/s1. The highest BCUT2D eigenvalue weighted by molar-refractivity contribution is 6.02. The van der Waals surface area contributed by atoms with Crippen LogP contribution in [0.4, 0.5) is 16.2 Å². The molecule has 17 heavy (non-hydrogen) atoms. The van der Waals surface area contributed by atoms with Crippen molar-refractivity contribution in [1.29, 1.82) is 0 Å². The van der Waals surface area contributed by atoms with Crippen molar-refractivity contribution in [3.63, 3.8) is 0 Å². The van der Waals surface area contributed by atoms with Gasteiger partial charge in [0.2, 0.25) is 5.91 Å². The molecule has 0 spiro atoms. The number of fused-ring (bicyclic) bond motifs is 1. The zero-order valence-corrected chi connectivity index (χ0v) is 9.77. The molecule has 1 aromatic rings. The van der Waals surface area contributed by atoms with E-state index >= 15 is 0 Å². The number of amides is 2. The Bertz CT molecular complexity index is 459. The van der Waals surface area contributed by atoms with Gasteiger partial charge in [-0.2, -0.15) is 0 Å². The number of nitrogens with zero attached hydrogens (tertiary/aromatic N) is 1. The van der Waals surface area contributed by atoms with Gasteiger partial charge in [-0.05, 0) is 19.1 Å². The second-order valence-electron chi connectivity index (χ2n) is 3.96. The molecule has 90 valence electrons. The number of carbonyl (C=O) groups is 2. The van der Waals surface area contributed by atoms with Crippen LogP contribution in [-0.2, 0) is 9.53 Å². The van der Waals surface area contributed by atoms with Crippen LogP contribution in [0.15, 0.2) is 24.3 Å². The van der Waals surface area contributed by atoms with E-state index in [-0.39, 0.29) is 18.4 Å². The van der Waals surface area contributed by atoms with Crippen molar-refractivity contribution in [1.82, 2.24) is 0 Å². The average molecular weight is 234 g/mol. The molecule has 1 N–H and O–H groups in total. The molecule has 5 nitrogen and oxygen atoms in total. The maximum Gasteiger partial charge on any atom is 0.414 e. The molecule has 2 rings (SSSR count). The Hall–Kier alpha value is -2.04. The summed E-state index contributed by atoms with van der Waals surface area (Å²) in [5, 5.41) is 2.77. The van der Waals surface area contributed by atoms with E-state index in [9.17, 15) is 9.59 Å². The lowest BCUT2D eigenvalue weighted by Gasteiger charge is -2.25. The molecule has 0 aromatic heterocycles. The molecule has 1 atom stereocenters. The van der Waals surface area contributed by atoms with E-state index in [2.05, 4.69) is 5.32 Å². The molecule has 0 saturated heterocycles. The molecular weight excluding hydrogens is 220 g/mol. The summed E-state index contributed by atoms with van der Waals surface area (Å²) in [6.45, 7) is 1.82. The summed E-state index contributed by atoms with van der Waals surface area (Å²) in [5.74, 6) is -0.101. The van der Waals surface area contributed by atoms with Gasteiger partial charge in [0.1, 0.15) is 0 Å². The minimum absolute atomic E-state index is 0.101. The van der Waals surface area contributed by atoms with Crippen LogP contribution in [0, 0.1) is 0 Å². The van der Waals surface area contributed by atoms with Crippen molar-refractivity contribution in [2.75, 3.05) is 17.3 Å². The maximum absolute atomic E-state index is 11.8. The van der Waals surface area contributed by atoms with Gasteiger partial charge in [0, 0.05) is 12.5 Å². The van der Waals surface area contributed by atoms with Gasteiger partial charge in [-0.3, -0.25) is 9.69 Å². The smallest absolute Gasteiger partial charge is 0.414 e. The lowest BCUT2D eigenvalue weighted by Crippen LogP contribution is -2.38. The molecule has 1 aliphatic rings. The lowest BCUT2D eigenvalue weighted by atomic mass is 10.2. The molecule has 0 fully saturated rings. The molecule has 0 bridgehead atoms. The Morgan fingerprint density at radius 3 is 2.88 bits per heavy atom. The van der Waals surface area contributed by atoms with E-state index in [0.29, 0.717) is 11.4 Å². The SMILES string of the molecule is COC(=O)N1c2ccccc2NC(=O)C[C@H]1C. The zero-order valence-electron chi connectivity index (χ0n) is 9.77. The predicted octanol–water partition coefficient (Wildman–Crippen LogP) is 1.99. The van der Waals surface area contributed by atoms with Crippen molar-refractivity contribution in [2.45, 2.75) is 19.4 Å². The number of carbonyl (C=O) groups excluding carboxylic acids is 2. The number of anilines is 2. The van der Waals surface area contributed by atoms with Crippen molar-refractivity contribution in [3.8, 4) is 0 Å². The van der Waals surface area contributed by atoms with Gasteiger partial charge in [-0.1, -0.05) is 12.1 Å². The van der Waals surface area contributed by atoms with Gasteiger partial charge in [-0.15, -0.1) is 0 Å². The van der Waals surface area contributed by atoms with Crippen molar-refractivity contribution >= 4 is 23.4 Å². The summed E-state index contributed by atoms with van der Waals surface area (Å²) >= 11 is 0. The van der Waals surface area contributed by atoms with Gasteiger partial charge >= 0.3 is 6.09 Å². The van der Waals surface area contributed by atoms with Crippen molar-refractivity contribution in [2.24, 2.45) is 0 Å². The fraction of sp³-hybridized carbons (Fsp3) is 0.333. The molecular formula is C12H14N2O3. The summed E-state index contributed by atoms with van der Waals surface area (Å²) in [6.07, 6.45) is -0.203. The minimum Gasteiger partial charge on any atom is -0.452 e. The molecule has 0 radical (unpaired) electrons. The third-order valence-corrected chi connectivity index (χ3v) is 2.73. The third kappa shape index (κ3) is 2.08. The van der Waals surface area contributed by atoms with E-state index in [0.717, 1.165) is 0 Å².